The van der Waals surface area contributed by atoms with E-state index in [4.69, 9.17) is 0 Å². The normalized spacial score (nSPS) is 12.7. The van der Waals surface area contributed by atoms with Crippen LogP contribution in [0.25, 0.3) is 5.69 Å². The van der Waals surface area contributed by atoms with Crippen LogP contribution in [-0.2, 0) is 5.41 Å². The molecule has 0 saturated heterocycles. The van der Waals surface area contributed by atoms with Gasteiger partial charge in [-0.25, -0.2) is 0 Å². The lowest BCUT2D eigenvalue weighted by molar-refractivity contribution is 0.284. The third-order valence-corrected chi connectivity index (χ3v) is 3.36. The van der Waals surface area contributed by atoms with E-state index in [9.17, 15) is 5.11 Å². The van der Waals surface area contributed by atoms with Crippen molar-refractivity contribution in [3.05, 3.63) is 36.2 Å². The Kier molecular flexibility index (Phi) is 3.59. The first kappa shape index (κ1) is 14.6. The highest BCUT2D eigenvalue weighted by atomic mass is 16.3. The molecule has 108 valence electrons. The van der Waals surface area contributed by atoms with E-state index in [0.717, 1.165) is 6.42 Å². The number of hydrogen-bond acceptors (Lipinski definition) is 3. The molecule has 0 fully saturated rings. The minimum absolute atomic E-state index is 0.0217. The van der Waals surface area contributed by atoms with Gasteiger partial charge in [-0.15, -0.1) is 4.80 Å². The van der Waals surface area contributed by atoms with Crippen molar-refractivity contribution in [3.8, 4) is 11.4 Å². The molecular formula is C16H23N3O. The number of nitrogens with zero attached hydrogens (tertiary/aromatic N) is 3. The van der Waals surface area contributed by atoms with Crippen LogP contribution >= 0.6 is 0 Å². The second-order valence-corrected chi connectivity index (χ2v) is 7.14. The smallest absolute Gasteiger partial charge is 0.143 e. The summed E-state index contributed by atoms with van der Waals surface area (Å²) in [6, 6.07) is 5.67. The van der Waals surface area contributed by atoms with Gasteiger partial charge in [-0.3, -0.25) is 0 Å². The number of phenols is 1. The van der Waals surface area contributed by atoms with Gasteiger partial charge in [0.05, 0.1) is 12.4 Å². The fraction of sp³-hybridized carbons (Fsp3) is 0.500. The minimum Gasteiger partial charge on any atom is -0.506 e. The molecule has 1 aromatic heterocycles. The molecule has 0 unspecified atom stereocenters. The van der Waals surface area contributed by atoms with Crippen molar-refractivity contribution >= 4 is 0 Å². The van der Waals surface area contributed by atoms with Crippen molar-refractivity contribution in [2.24, 2.45) is 5.41 Å². The molecule has 4 nitrogen and oxygen atoms in total. The molecule has 1 heterocycles. The summed E-state index contributed by atoms with van der Waals surface area (Å²) in [6.07, 6.45) is 4.26. The predicted octanol–water partition coefficient (Wildman–Crippen LogP) is 3.69. The lowest BCUT2D eigenvalue weighted by atomic mass is 9.72. The molecule has 0 aliphatic carbocycles. The van der Waals surface area contributed by atoms with Gasteiger partial charge in [-0.05, 0) is 34.9 Å². The zero-order valence-electron chi connectivity index (χ0n) is 12.9. The lowest BCUT2D eigenvalue weighted by Crippen LogP contribution is -2.25. The Morgan fingerprint density at radius 1 is 1.05 bits per heavy atom. The fourth-order valence-corrected chi connectivity index (χ4v) is 2.87. The van der Waals surface area contributed by atoms with Crippen molar-refractivity contribution in [3.63, 3.8) is 0 Å². The topological polar surface area (TPSA) is 50.9 Å². The molecule has 20 heavy (non-hydrogen) atoms. The first-order chi connectivity index (χ1) is 9.19. The van der Waals surface area contributed by atoms with Crippen LogP contribution in [0, 0.1) is 5.41 Å². The Labute approximate surface area is 120 Å². The molecule has 0 radical (unpaired) electrons. The Balaban J connectivity index is 2.41. The molecule has 0 spiro atoms. The van der Waals surface area contributed by atoms with Gasteiger partial charge in [-0.2, -0.15) is 10.2 Å². The minimum atomic E-state index is 0.0217. The summed E-state index contributed by atoms with van der Waals surface area (Å²) in [5.74, 6) is 0.191. The van der Waals surface area contributed by atoms with Gasteiger partial charge in [0, 0.05) is 0 Å². The van der Waals surface area contributed by atoms with Gasteiger partial charge in [0.25, 0.3) is 0 Å². The third-order valence-electron chi connectivity index (χ3n) is 3.36. The second-order valence-electron chi connectivity index (χ2n) is 7.14. The SMILES string of the molecule is CC(C)(C)CC(C)(C)c1ccc(O)c(-n2nccn2)c1. The number of phenolic OH excluding ortho intramolecular Hbond substituents is 1. The summed E-state index contributed by atoms with van der Waals surface area (Å²) in [4.78, 5) is 1.45. The Hall–Kier alpha value is -1.84. The van der Waals surface area contributed by atoms with Gasteiger partial charge in [0.2, 0.25) is 0 Å². The summed E-state index contributed by atoms with van der Waals surface area (Å²) in [5, 5.41) is 18.2. The summed E-state index contributed by atoms with van der Waals surface area (Å²) in [6.45, 7) is 11.2. The number of rotatable bonds is 3. The van der Waals surface area contributed by atoms with Crippen LogP contribution in [-0.4, -0.2) is 20.1 Å². The summed E-state index contributed by atoms with van der Waals surface area (Å²) < 4.78 is 0. The van der Waals surface area contributed by atoms with Crippen LogP contribution in [0.2, 0.25) is 0 Å². The van der Waals surface area contributed by atoms with Gasteiger partial charge in [-0.1, -0.05) is 40.7 Å². The van der Waals surface area contributed by atoms with Gasteiger partial charge in [0.1, 0.15) is 11.4 Å². The average molecular weight is 273 g/mol. The second kappa shape index (κ2) is 4.93. The molecule has 1 N–H and O–H groups in total. The molecule has 0 amide bonds. The molecule has 0 aliphatic heterocycles. The maximum Gasteiger partial charge on any atom is 0.143 e. The zero-order valence-corrected chi connectivity index (χ0v) is 12.9. The van der Waals surface area contributed by atoms with E-state index in [2.05, 4.69) is 44.8 Å². The van der Waals surface area contributed by atoms with Crippen LogP contribution in [0.4, 0.5) is 0 Å². The van der Waals surface area contributed by atoms with Crippen LogP contribution in [0.15, 0.2) is 30.6 Å². The lowest BCUT2D eigenvalue weighted by Gasteiger charge is -2.33. The summed E-state index contributed by atoms with van der Waals surface area (Å²) in [7, 11) is 0. The van der Waals surface area contributed by atoms with Crippen molar-refractivity contribution in [1.29, 1.82) is 0 Å². The first-order valence-corrected chi connectivity index (χ1v) is 6.89. The van der Waals surface area contributed by atoms with Crippen molar-refractivity contribution in [2.75, 3.05) is 0 Å². The number of benzene rings is 1. The molecule has 4 heteroatoms. The monoisotopic (exact) mass is 273 g/mol. The Morgan fingerprint density at radius 2 is 1.65 bits per heavy atom. The largest absolute Gasteiger partial charge is 0.506 e. The van der Waals surface area contributed by atoms with Crippen LogP contribution < -0.4 is 0 Å². The molecule has 2 rings (SSSR count). The maximum absolute atomic E-state index is 10.0. The highest BCUT2D eigenvalue weighted by Gasteiger charge is 2.28. The van der Waals surface area contributed by atoms with E-state index in [1.165, 1.54) is 10.4 Å². The molecule has 1 aromatic carbocycles. The van der Waals surface area contributed by atoms with E-state index in [0.29, 0.717) is 5.69 Å². The van der Waals surface area contributed by atoms with Gasteiger partial charge in [0.15, 0.2) is 0 Å². The summed E-state index contributed by atoms with van der Waals surface area (Å²) >= 11 is 0. The molecule has 0 atom stereocenters. The van der Waals surface area contributed by atoms with Crippen molar-refractivity contribution in [2.45, 2.75) is 46.5 Å². The molecule has 2 aromatic rings. The van der Waals surface area contributed by atoms with Gasteiger partial charge < -0.3 is 5.11 Å². The Morgan fingerprint density at radius 3 is 2.20 bits per heavy atom. The van der Waals surface area contributed by atoms with Crippen LogP contribution in [0.1, 0.15) is 46.6 Å². The zero-order chi connectivity index (χ0) is 15.0. The van der Waals surface area contributed by atoms with E-state index in [-0.39, 0.29) is 16.6 Å². The van der Waals surface area contributed by atoms with Crippen LogP contribution in [0.3, 0.4) is 0 Å². The van der Waals surface area contributed by atoms with E-state index in [1.54, 1.807) is 18.5 Å². The quantitative estimate of drug-likeness (QED) is 0.928. The van der Waals surface area contributed by atoms with Crippen molar-refractivity contribution in [1.82, 2.24) is 15.0 Å². The van der Waals surface area contributed by atoms with Crippen molar-refractivity contribution < 1.29 is 5.11 Å². The fourth-order valence-electron chi connectivity index (χ4n) is 2.87. The van der Waals surface area contributed by atoms with E-state index < -0.39 is 0 Å². The number of aromatic nitrogens is 3. The average Bonchev–Trinajstić information content (AvgIpc) is 2.79. The molecular weight excluding hydrogens is 250 g/mol. The predicted molar refractivity (Wildman–Crippen MR) is 80.1 cm³/mol. The highest BCUT2D eigenvalue weighted by molar-refractivity contribution is 5.48. The molecule has 0 aliphatic rings. The first-order valence-electron chi connectivity index (χ1n) is 6.89. The van der Waals surface area contributed by atoms with E-state index in [1.807, 2.05) is 12.1 Å². The van der Waals surface area contributed by atoms with E-state index >= 15 is 0 Å². The molecule has 0 bridgehead atoms. The third kappa shape index (κ3) is 3.18. The van der Waals surface area contributed by atoms with Crippen LogP contribution in [0.5, 0.6) is 5.75 Å². The number of aromatic hydroxyl groups is 1. The molecule has 0 saturated carbocycles. The summed E-state index contributed by atoms with van der Waals surface area (Å²) in [5.41, 5.74) is 2.06. The standard InChI is InChI=1S/C16H23N3O/c1-15(2,3)11-16(4,5)12-6-7-14(20)13(10-12)19-17-8-9-18-19/h6-10,20H,11H2,1-5H3. The number of hydrogen-bond donors (Lipinski definition) is 1. The van der Waals surface area contributed by atoms with Gasteiger partial charge >= 0.3 is 0 Å². The highest BCUT2D eigenvalue weighted by Crippen LogP contribution is 2.37. The Bertz CT molecular complexity index is 580. The maximum atomic E-state index is 10.0.